The summed E-state index contributed by atoms with van der Waals surface area (Å²) in [5.41, 5.74) is 1.33. The number of esters is 1. The van der Waals surface area contributed by atoms with Gasteiger partial charge in [-0.15, -0.1) is 0 Å². The van der Waals surface area contributed by atoms with Crippen LogP contribution < -0.4 is 0 Å². The van der Waals surface area contributed by atoms with Crippen LogP contribution in [-0.4, -0.2) is 62.4 Å². The van der Waals surface area contributed by atoms with E-state index in [9.17, 15) is 18.0 Å². The smallest absolute Gasteiger partial charge is 0.355 e. The summed E-state index contributed by atoms with van der Waals surface area (Å²) >= 11 is 5.88. The number of ether oxygens (including phenoxy) is 2. The molecule has 1 aromatic heterocycles. The molecule has 1 atom stereocenters. The lowest BCUT2D eigenvalue weighted by atomic mass is 10.0. The van der Waals surface area contributed by atoms with Crippen LogP contribution >= 0.6 is 11.6 Å². The highest BCUT2D eigenvalue weighted by atomic mass is 35.5. The number of sulfonamides is 1. The van der Waals surface area contributed by atoms with Crippen LogP contribution in [0.1, 0.15) is 46.0 Å². The second-order valence-corrected chi connectivity index (χ2v) is 9.28. The fraction of sp³-hybridized carbons (Fsp3) is 0.429. The second-order valence-electron chi connectivity index (χ2n) is 6.95. The van der Waals surface area contributed by atoms with Gasteiger partial charge < -0.3 is 14.5 Å². The van der Waals surface area contributed by atoms with Crippen LogP contribution in [0.2, 0.25) is 5.02 Å². The van der Waals surface area contributed by atoms with Gasteiger partial charge in [-0.3, -0.25) is 4.79 Å². The SMILES string of the molecule is CCOC(=O)c1[nH]c(C)c(C(=O)C(C)N(CCOC)S(=O)(=O)c2ccc(Cl)cc2)c1C. The summed E-state index contributed by atoms with van der Waals surface area (Å²) in [6, 6.07) is 4.68. The Morgan fingerprint density at radius 2 is 1.81 bits per heavy atom. The quantitative estimate of drug-likeness (QED) is 0.421. The highest BCUT2D eigenvalue weighted by Gasteiger charge is 2.35. The summed E-state index contributed by atoms with van der Waals surface area (Å²) in [7, 11) is -2.56. The standard InChI is InChI=1S/C21H27ClN2O6S/c1-6-30-21(26)19-13(2)18(14(3)23-19)20(25)15(4)24(11-12-29-5)31(27,28)17-9-7-16(22)8-10-17/h7-10,15,23H,6,11-12H2,1-5H3. The number of nitrogens with one attached hydrogen (secondary N) is 1. The van der Waals surface area contributed by atoms with Gasteiger partial charge in [-0.1, -0.05) is 11.6 Å². The Balaban J connectivity index is 2.46. The van der Waals surface area contributed by atoms with Crippen molar-refractivity contribution < 1.29 is 27.5 Å². The van der Waals surface area contributed by atoms with Gasteiger partial charge in [-0.05, 0) is 57.5 Å². The maximum absolute atomic E-state index is 13.4. The number of hydrogen-bond donors (Lipinski definition) is 1. The molecule has 1 heterocycles. The van der Waals surface area contributed by atoms with Crippen LogP contribution in [0.15, 0.2) is 29.2 Å². The first-order valence-corrected chi connectivity index (χ1v) is 11.5. The summed E-state index contributed by atoms with van der Waals surface area (Å²) in [5.74, 6) is -1.00. The molecule has 1 unspecified atom stereocenters. The normalized spacial score (nSPS) is 12.7. The molecule has 1 N–H and O–H groups in total. The minimum atomic E-state index is -4.01. The number of carbonyl (C=O) groups is 2. The molecule has 1 aromatic carbocycles. The number of aromatic amines is 1. The maximum Gasteiger partial charge on any atom is 0.355 e. The molecule has 0 saturated carbocycles. The Morgan fingerprint density at radius 3 is 2.35 bits per heavy atom. The molecule has 0 aliphatic rings. The highest BCUT2D eigenvalue weighted by Crippen LogP contribution is 2.25. The molecule has 170 valence electrons. The summed E-state index contributed by atoms with van der Waals surface area (Å²) < 4.78 is 37.8. The summed E-state index contributed by atoms with van der Waals surface area (Å²) in [4.78, 5) is 28.5. The van der Waals surface area contributed by atoms with Gasteiger partial charge >= 0.3 is 5.97 Å². The predicted octanol–water partition coefficient (Wildman–Crippen LogP) is 3.37. The van der Waals surface area contributed by atoms with Crippen molar-refractivity contribution in [2.24, 2.45) is 0 Å². The van der Waals surface area contributed by atoms with E-state index in [1.807, 2.05) is 0 Å². The van der Waals surface area contributed by atoms with Crippen molar-refractivity contribution in [1.82, 2.24) is 9.29 Å². The van der Waals surface area contributed by atoms with Gasteiger partial charge in [0.1, 0.15) is 5.69 Å². The molecule has 2 aromatic rings. The average Bonchev–Trinajstić information content (AvgIpc) is 3.02. The molecular formula is C21H27ClN2O6S. The van der Waals surface area contributed by atoms with Crippen LogP contribution in [0.25, 0.3) is 0 Å². The Hall–Kier alpha value is -2.20. The third kappa shape index (κ3) is 5.35. The third-order valence-electron chi connectivity index (χ3n) is 4.91. The largest absolute Gasteiger partial charge is 0.461 e. The van der Waals surface area contributed by atoms with Crippen LogP contribution in [-0.2, 0) is 19.5 Å². The van der Waals surface area contributed by atoms with Crippen LogP contribution in [0.4, 0.5) is 0 Å². The number of halogens is 1. The Labute approximate surface area is 187 Å². The van der Waals surface area contributed by atoms with E-state index in [1.54, 1.807) is 20.8 Å². The Morgan fingerprint density at radius 1 is 1.19 bits per heavy atom. The zero-order valence-corrected chi connectivity index (χ0v) is 19.8. The number of Topliss-reactive ketones (excluding diaryl/α,β-unsaturated/α-hetero) is 1. The van der Waals surface area contributed by atoms with Gasteiger partial charge in [-0.2, -0.15) is 4.31 Å². The first kappa shape index (κ1) is 25.1. The van der Waals surface area contributed by atoms with Gasteiger partial charge in [0, 0.05) is 29.9 Å². The molecule has 0 bridgehead atoms. The molecule has 0 saturated heterocycles. The fourth-order valence-electron chi connectivity index (χ4n) is 3.31. The van der Waals surface area contributed by atoms with E-state index in [1.165, 1.54) is 38.3 Å². The lowest BCUT2D eigenvalue weighted by Gasteiger charge is -2.27. The zero-order chi connectivity index (χ0) is 23.3. The Kier molecular flexibility index (Phi) is 8.41. The number of aromatic nitrogens is 1. The van der Waals surface area contributed by atoms with Gasteiger partial charge in [0.25, 0.3) is 0 Å². The number of rotatable bonds is 10. The molecule has 0 amide bonds. The van der Waals surface area contributed by atoms with Crippen molar-refractivity contribution in [3.8, 4) is 0 Å². The van der Waals surface area contributed by atoms with Crippen molar-refractivity contribution in [2.45, 2.75) is 38.6 Å². The van der Waals surface area contributed by atoms with Gasteiger partial charge in [0.15, 0.2) is 5.78 Å². The van der Waals surface area contributed by atoms with Crippen molar-refractivity contribution in [3.05, 3.63) is 51.8 Å². The van der Waals surface area contributed by atoms with Gasteiger partial charge in [0.2, 0.25) is 10.0 Å². The molecule has 10 heteroatoms. The lowest BCUT2D eigenvalue weighted by Crippen LogP contribution is -2.45. The lowest BCUT2D eigenvalue weighted by molar-refractivity contribution is 0.0519. The molecule has 8 nitrogen and oxygen atoms in total. The molecule has 2 rings (SSSR count). The van der Waals surface area contributed by atoms with E-state index >= 15 is 0 Å². The maximum atomic E-state index is 13.4. The molecule has 31 heavy (non-hydrogen) atoms. The number of carbonyl (C=O) groups excluding carboxylic acids is 2. The van der Waals surface area contributed by atoms with Gasteiger partial charge in [0.05, 0.1) is 24.2 Å². The van der Waals surface area contributed by atoms with E-state index < -0.39 is 27.8 Å². The van der Waals surface area contributed by atoms with E-state index in [2.05, 4.69) is 4.98 Å². The molecule has 0 radical (unpaired) electrons. The number of hydrogen-bond acceptors (Lipinski definition) is 6. The minimum absolute atomic E-state index is 0.0161. The monoisotopic (exact) mass is 470 g/mol. The average molecular weight is 471 g/mol. The van der Waals surface area contributed by atoms with E-state index in [0.29, 0.717) is 16.3 Å². The molecule has 0 aliphatic carbocycles. The van der Waals surface area contributed by atoms with E-state index in [-0.39, 0.29) is 35.9 Å². The van der Waals surface area contributed by atoms with Crippen molar-refractivity contribution in [1.29, 1.82) is 0 Å². The summed E-state index contributed by atoms with van der Waals surface area (Å²) in [6.07, 6.45) is 0. The van der Waals surface area contributed by atoms with Crippen LogP contribution in [0.5, 0.6) is 0 Å². The van der Waals surface area contributed by atoms with E-state index in [4.69, 9.17) is 21.1 Å². The molecular weight excluding hydrogens is 444 g/mol. The topological polar surface area (TPSA) is 106 Å². The first-order chi connectivity index (χ1) is 14.6. The number of aryl methyl sites for hydroxylation is 1. The first-order valence-electron chi connectivity index (χ1n) is 9.73. The molecule has 0 fully saturated rings. The van der Waals surface area contributed by atoms with Crippen LogP contribution in [0.3, 0.4) is 0 Å². The Bertz CT molecular complexity index is 1050. The minimum Gasteiger partial charge on any atom is -0.461 e. The number of ketones is 1. The molecule has 0 aliphatic heterocycles. The zero-order valence-electron chi connectivity index (χ0n) is 18.2. The van der Waals surface area contributed by atoms with Crippen molar-refractivity contribution in [2.75, 3.05) is 26.9 Å². The number of nitrogens with zero attached hydrogens (tertiary/aromatic N) is 1. The molecule has 0 spiro atoms. The fourth-order valence-corrected chi connectivity index (χ4v) is 5.02. The summed E-state index contributed by atoms with van der Waals surface area (Å²) in [6.45, 7) is 6.75. The van der Waals surface area contributed by atoms with Crippen molar-refractivity contribution >= 4 is 33.4 Å². The second kappa shape index (κ2) is 10.4. The predicted molar refractivity (Wildman–Crippen MR) is 117 cm³/mol. The number of H-pyrrole nitrogens is 1. The third-order valence-corrected chi connectivity index (χ3v) is 7.15. The van der Waals surface area contributed by atoms with Crippen LogP contribution in [0, 0.1) is 13.8 Å². The van der Waals surface area contributed by atoms with E-state index in [0.717, 1.165) is 4.31 Å². The number of methoxy groups -OCH3 is 1. The highest BCUT2D eigenvalue weighted by molar-refractivity contribution is 7.89. The van der Waals surface area contributed by atoms with Gasteiger partial charge in [-0.25, -0.2) is 13.2 Å². The van der Waals surface area contributed by atoms with Crippen molar-refractivity contribution in [3.63, 3.8) is 0 Å². The summed E-state index contributed by atoms with van der Waals surface area (Å²) in [5, 5.41) is 0.400. The number of benzene rings is 1.